The smallest absolute Gasteiger partial charge is 0.261 e. The molecule has 0 unspecified atom stereocenters. The number of hydrogen-bond donors (Lipinski definition) is 0. The van der Waals surface area contributed by atoms with E-state index in [-0.39, 0.29) is 18.4 Å². The van der Waals surface area contributed by atoms with Gasteiger partial charge in [-0.25, -0.2) is 0 Å². The Morgan fingerprint density at radius 1 is 1.09 bits per heavy atom. The van der Waals surface area contributed by atoms with Gasteiger partial charge in [-0.3, -0.25) is 14.5 Å². The molecule has 4 nitrogen and oxygen atoms in total. The Hall–Kier alpha value is -2.88. The Balaban J connectivity index is 1.90. The van der Waals surface area contributed by atoms with Gasteiger partial charge in [0, 0.05) is 5.56 Å². The summed E-state index contributed by atoms with van der Waals surface area (Å²) in [5.41, 5.74) is 2.61. The second-order valence-corrected chi connectivity index (χ2v) is 5.02. The molecule has 3 rings (SSSR count). The molecule has 0 atom stereocenters. The van der Waals surface area contributed by atoms with Gasteiger partial charge in [-0.05, 0) is 29.8 Å². The zero-order valence-electron chi connectivity index (χ0n) is 12.2. The SMILES string of the molecule is C=Cc1cc(CN2C(=O)c3ccccc3C2=O)ccc1OC. The highest BCUT2D eigenvalue weighted by Crippen LogP contribution is 2.26. The Kier molecular flexibility index (Phi) is 3.51. The minimum atomic E-state index is -0.253. The summed E-state index contributed by atoms with van der Waals surface area (Å²) in [4.78, 5) is 26.0. The van der Waals surface area contributed by atoms with E-state index in [0.717, 1.165) is 11.1 Å². The molecule has 4 heteroatoms. The van der Waals surface area contributed by atoms with Crippen LogP contribution in [0.4, 0.5) is 0 Å². The van der Waals surface area contributed by atoms with E-state index in [4.69, 9.17) is 4.74 Å². The Labute approximate surface area is 128 Å². The lowest BCUT2D eigenvalue weighted by molar-refractivity contribution is 0.0642. The number of rotatable bonds is 4. The minimum Gasteiger partial charge on any atom is -0.496 e. The van der Waals surface area contributed by atoms with Crippen LogP contribution >= 0.6 is 0 Å². The summed E-state index contributed by atoms with van der Waals surface area (Å²) >= 11 is 0. The second-order valence-electron chi connectivity index (χ2n) is 5.02. The first-order valence-corrected chi connectivity index (χ1v) is 6.90. The standard InChI is InChI=1S/C18H15NO3/c1-3-13-10-12(8-9-16(13)22-2)11-19-17(20)14-6-4-5-7-15(14)18(19)21/h3-10H,1,11H2,2H3. The number of nitrogens with zero attached hydrogens (tertiary/aromatic N) is 1. The summed E-state index contributed by atoms with van der Waals surface area (Å²) in [7, 11) is 1.59. The molecule has 110 valence electrons. The van der Waals surface area contributed by atoms with Gasteiger partial charge >= 0.3 is 0 Å². The van der Waals surface area contributed by atoms with Crippen molar-refractivity contribution >= 4 is 17.9 Å². The van der Waals surface area contributed by atoms with Crippen molar-refractivity contribution in [1.29, 1.82) is 0 Å². The monoisotopic (exact) mass is 293 g/mol. The molecular weight excluding hydrogens is 278 g/mol. The maximum atomic E-state index is 12.3. The molecule has 0 fully saturated rings. The first-order valence-electron chi connectivity index (χ1n) is 6.90. The third kappa shape index (κ3) is 2.19. The maximum absolute atomic E-state index is 12.3. The molecular formula is C18H15NO3. The lowest BCUT2D eigenvalue weighted by Gasteiger charge is -2.15. The van der Waals surface area contributed by atoms with Crippen LogP contribution in [0.3, 0.4) is 0 Å². The highest BCUT2D eigenvalue weighted by atomic mass is 16.5. The predicted molar refractivity (Wildman–Crippen MR) is 83.7 cm³/mol. The van der Waals surface area contributed by atoms with E-state index in [1.165, 1.54) is 4.90 Å². The molecule has 0 spiro atoms. The topological polar surface area (TPSA) is 46.6 Å². The van der Waals surface area contributed by atoms with Crippen LogP contribution in [0.2, 0.25) is 0 Å². The van der Waals surface area contributed by atoms with Crippen LogP contribution in [0, 0.1) is 0 Å². The molecule has 0 aromatic heterocycles. The van der Waals surface area contributed by atoms with Crippen LogP contribution in [-0.2, 0) is 6.54 Å². The average molecular weight is 293 g/mol. The molecule has 1 aliphatic heterocycles. The van der Waals surface area contributed by atoms with Gasteiger partial charge in [-0.15, -0.1) is 0 Å². The van der Waals surface area contributed by atoms with Crippen molar-refractivity contribution in [3.63, 3.8) is 0 Å². The number of imide groups is 1. The van der Waals surface area contributed by atoms with Gasteiger partial charge in [-0.1, -0.05) is 30.9 Å². The summed E-state index contributed by atoms with van der Waals surface area (Å²) in [6.07, 6.45) is 1.69. The van der Waals surface area contributed by atoms with Gasteiger partial charge in [0.25, 0.3) is 11.8 Å². The Bertz CT molecular complexity index is 745. The second kappa shape index (κ2) is 5.48. The van der Waals surface area contributed by atoms with Crippen molar-refractivity contribution in [2.24, 2.45) is 0 Å². The largest absolute Gasteiger partial charge is 0.496 e. The first kappa shape index (κ1) is 14.1. The van der Waals surface area contributed by atoms with Crippen molar-refractivity contribution in [2.75, 3.05) is 7.11 Å². The number of benzene rings is 2. The van der Waals surface area contributed by atoms with E-state index < -0.39 is 0 Å². The van der Waals surface area contributed by atoms with Gasteiger partial charge in [-0.2, -0.15) is 0 Å². The summed E-state index contributed by atoms with van der Waals surface area (Å²) in [6, 6.07) is 12.4. The fourth-order valence-electron chi connectivity index (χ4n) is 2.61. The third-order valence-electron chi connectivity index (χ3n) is 3.73. The highest BCUT2D eigenvalue weighted by molar-refractivity contribution is 6.21. The van der Waals surface area contributed by atoms with Gasteiger partial charge in [0.1, 0.15) is 5.75 Å². The Morgan fingerprint density at radius 3 is 2.27 bits per heavy atom. The molecule has 0 bridgehead atoms. The molecule has 0 aliphatic carbocycles. The van der Waals surface area contributed by atoms with Crippen molar-refractivity contribution in [3.8, 4) is 5.75 Å². The van der Waals surface area contributed by atoms with Crippen LogP contribution in [0.25, 0.3) is 6.08 Å². The summed E-state index contributed by atoms with van der Waals surface area (Å²) in [5, 5.41) is 0. The number of methoxy groups -OCH3 is 1. The quantitative estimate of drug-likeness (QED) is 0.814. The van der Waals surface area contributed by atoms with Gasteiger partial charge in [0.2, 0.25) is 0 Å². The zero-order valence-corrected chi connectivity index (χ0v) is 12.2. The minimum absolute atomic E-state index is 0.233. The fourth-order valence-corrected chi connectivity index (χ4v) is 2.61. The van der Waals surface area contributed by atoms with E-state index in [0.29, 0.717) is 16.9 Å². The number of carbonyl (C=O) groups excluding carboxylic acids is 2. The van der Waals surface area contributed by atoms with Crippen LogP contribution in [0.15, 0.2) is 49.0 Å². The Morgan fingerprint density at radius 2 is 1.73 bits per heavy atom. The number of amides is 2. The van der Waals surface area contributed by atoms with Crippen LogP contribution < -0.4 is 4.74 Å². The average Bonchev–Trinajstić information content (AvgIpc) is 2.80. The molecule has 1 aliphatic rings. The van der Waals surface area contributed by atoms with Crippen molar-refractivity contribution in [3.05, 3.63) is 71.3 Å². The van der Waals surface area contributed by atoms with E-state index in [2.05, 4.69) is 6.58 Å². The highest BCUT2D eigenvalue weighted by Gasteiger charge is 2.34. The van der Waals surface area contributed by atoms with Crippen LogP contribution in [0.1, 0.15) is 31.8 Å². The van der Waals surface area contributed by atoms with E-state index in [9.17, 15) is 9.59 Å². The molecule has 2 amide bonds. The molecule has 0 N–H and O–H groups in total. The van der Waals surface area contributed by atoms with Gasteiger partial charge in [0.05, 0.1) is 24.8 Å². The molecule has 0 radical (unpaired) electrons. The van der Waals surface area contributed by atoms with Crippen LogP contribution in [0.5, 0.6) is 5.75 Å². The number of carbonyl (C=O) groups is 2. The zero-order chi connectivity index (χ0) is 15.7. The number of hydrogen-bond acceptors (Lipinski definition) is 3. The molecule has 22 heavy (non-hydrogen) atoms. The van der Waals surface area contributed by atoms with E-state index in [1.54, 1.807) is 37.5 Å². The van der Waals surface area contributed by atoms with Gasteiger partial charge < -0.3 is 4.74 Å². The van der Waals surface area contributed by atoms with Crippen molar-refractivity contribution in [2.45, 2.75) is 6.54 Å². The molecule has 0 saturated carbocycles. The fraction of sp³-hybridized carbons (Fsp3) is 0.111. The number of fused-ring (bicyclic) bond motifs is 1. The summed E-state index contributed by atoms with van der Waals surface area (Å²) < 4.78 is 5.24. The maximum Gasteiger partial charge on any atom is 0.261 e. The molecule has 0 saturated heterocycles. The van der Waals surface area contributed by atoms with E-state index in [1.807, 2.05) is 18.2 Å². The summed E-state index contributed by atoms with van der Waals surface area (Å²) in [6.45, 7) is 3.98. The first-order chi connectivity index (χ1) is 10.7. The number of ether oxygens (including phenoxy) is 1. The molecule has 2 aromatic carbocycles. The lowest BCUT2D eigenvalue weighted by Crippen LogP contribution is -2.29. The lowest BCUT2D eigenvalue weighted by atomic mass is 10.1. The molecule has 1 heterocycles. The summed E-state index contributed by atoms with van der Waals surface area (Å²) in [5.74, 6) is 0.203. The predicted octanol–water partition coefficient (Wildman–Crippen LogP) is 3.13. The normalized spacial score (nSPS) is 13.2. The third-order valence-corrected chi connectivity index (χ3v) is 3.73. The van der Waals surface area contributed by atoms with Crippen LogP contribution in [-0.4, -0.2) is 23.8 Å². The molecule has 2 aromatic rings. The van der Waals surface area contributed by atoms with Gasteiger partial charge in [0.15, 0.2) is 0 Å². The van der Waals surface area contributed by atoms with Crippen molar-refractivity contribution < 1.29 is 14.3 Å². The van der Waals surface area contributed by atoms with Crippen molar-refractivity contribution in [1.82, 2.24) is 4.90 Å². The van der Waals surface area contributed by atoms with E-state index >= 15 is 0 Å².